The molecule has 0 atom stereocenters. The smallest absolute Gasteiger partial charge is 0.227 e. The zero-order valence-electron chi connectivity index (χ0n) is 14.1. The number of ether oxygens (including phenoxy) is 2. The number of carbonyl (C=O) groups is 1. The van der Waals surface area contributed by atoms with Crippen LogP contribution in [-0.4, -0.2) is 51.2 Å². The third-order valence-corrected chi connectivity index (χ3v) is 5.37. The molecule has 0 bridgehead atoms. The number of rotatable bonds is 4. The van der Waals surface area contributed by atoms with Gasteiger partial charge in [0.05, 0.1) is 20.6 Å². The van der Waals surface area contributed by atoms with Crippen molar-refractivity contribution in [2.45, 2.75) is 25.7 Å². The van der Waals surface area contributed by atoms with Crippen molar-refractivity contribution in [3.05, 3.63) is 23.8 Å². The summed E-state index contributed by atoms with van der Waals surface area (Å²) in [5.41, 5.74) is 1.27. The Morgan fingerprint density at radius 2 is 1.83 bits per heavy atom. The van der Waals surface area contributed by atoms with Crippen molar-refractivity contribution in [1.82, 2.24) is 10.2 Å². The number of nitrogens with one attached hydrogen (secondary N) is 1. The van der Waals surface area contributed by atoms with Crippen LogP contribution in [0.25, 0.3) is 0 Å². The average Bonchev–Trinajstić information content (AvgIpc) is 3.03. The average molecular weight is 318 g/mol. The van der Waals surface area contributed by atoms with Crippen LogP contribution < -0.4 is 14.8 Å². The van der Waals surface area contributed by atoms with Gasteiger partial charge in [-0.2, -0.15) is 0 Å². The summed E-state index contributed by atoms with van der Waals surface area (Å²) in [5.74, 6) is 1.59. The van der Waals surface area contributed by atoms with E-state index in [2.05, 4.69) is 5.32 Å². The van der Waals surface area contributed by atoms with E-state index in [4.69, 9.17) is 9.47 Å². The molecule has 0 radical (unpaired) electrons. The van der Waals surface area contributed by atoms with Crippen LogP contribution in [0.3, 0.4) is 0 Å². The molecular formula is C18H26N2O3. The van der Waals surface area contributed by atoms with E-state index < -0.39 is 0 Å². The molecule has 2 aliphatic heterocycles. The lowest BCUT2D eigenvalue weighted by atomic mass is 9.78. The first kappa shape index (κ1) is 16.1. The van der Waals surface area contributed by atoms with Gasteiger partial charge in [0.25, 0.3) is 0 Å². The van der Waals surface area contributed by atoms with E-state index in [0.717, 1.165) is 44.6 Å². The summed E-state index contributed by atoms with van der Waals surface area (Å²) in [6.45, 7) is 3.94. The Balaban J connectivity index is 1.66. The van der Waals surface area contributed by atoms with Crippen LogP contribution in [0.15, 0.2) is 18.2 Å². The lowest BCUT2D eigenvalue weighted by Gasteiger charge is -2.39. The van der Waals surface area contributed by atoms with Crippen LogP contribution in [0, 0.1) is 5.41 Å². The zero-order valence-corrected chi connectivity index (χ0v) is 14.1. The molecule has 23 heavy (non-hydrogen) atoms. The minimum absolute atomic E-state index is 0.161. The third-order valence-electron chi connectivity index (χ3n) is 5.37. The van der Waals surface area contributed by atoms with Gasteiger partial charge in [-0.1, -0.05) is 6.07 Å². The number of benzene rings is 1. The largest absolute Gasteiger partial charge is 0.496 e. The van der Waals surface area contributed by atoms with Gasteiger partial charge < -0.3 is 19.7 Å². The van der Waals surface area contributed by atoms with E-state index in [0.29, 0.717) is 23.3 Å². The molecule has 3 rings (SSSR count). The Bertz CT molecular complexity index is 535. The van der Waals surface area contributed by atoms with E-state index in [-0.39, 0.29) is 5.91 Å². The summed E-state index contributed by atoms with van der Waals surface area (Å²) in [7, 11) is 3.25. The molecule has 0 unspecified atom stereocenters. The van der Waals surface area contributed by atoms with Crippen molar-refractivity contribution in [3.8, 4) is 11.5 Å². The van der Waals surface area contributed by atoms with Crippen LogP contribution in [0.5, 0.6) is 11.5 Å². The first-order chi connectivity index (χ1) is 11.2. The van der Waals surface area contributed by atoms with Gasteiger partial charge in [-0.15, -0.1) is 0 Å². The fourth-order valence-corrected chi connectivity index (χ4v) is 3.82. The molecular weight excluding hydrogens is 292 g/mol. The van der Waals surface area contributed by atoms with Crippen LogP contribution in [-0.2, 0) is 11.2 Å². The quantitative estimate of drug-likeness (QED) is 0.920. The standard InChI is InChI=1S/C18H26N2O3/c1-22-15-4-3-5-16(23-2)14(15)12-17(21)20-10-7-18(8-11-20)6-9-19-13-18/h3-5,19H,6-13H2,1-2H3. The number of carbonyl (C=O) groups excluding carboxylic acids is 1. The summed E-state index contributed by atoms with van der Waals surface area (Å²) in [6.07, 6.45) is 3.79. The minimum atomic E-state index is 0.161. The molecule has 0 aromatic heterocycles. The maximum absolute atomic E-state index is 12.7. The van der Waals surface area contributed by atoms with Crippen LogP contribution >= 0.6 is 0 Å². The Kier molecular flexibility index (Phi) is 4.76. The number of piperidine rings is 1. The molecule has 2 fully saturated rings. The summed E-state index contributed by atoms with van der Waals surface area (Å²) in [5, 5.41) is 3.46. The van der Waals surface area contributed by atoms with Crippen LogP contribution in [0.2, 0.25) is 0 Å². The van der Waals surface area contributed by atoms with Gasteiger partial charge in [-0.3, -0.25) is 4.79 Å². The first-order valence-electron chi connectivity index (χ1n) is 8.36. The van der Waals surface area contributed by atoms with Gasteiger partial charge in [-0.05, 0) is 43.4 Å². The Labute approximate surface area is 137 Å². The van der Waals surface area contributed by atoms with Crippen molar-refractivity contribution >= 4 is 5.91 Å². The Morgan fingerprint density at radius 1 is 1.17 bits per heavy atom. The molecule has 0 saturated carbocycles. The van der Waals surface area contributed by atoms with E-state index in [9.17, 15) is 4.79 Å². The highest BCUT2D eigenvalue weighted by molar-refractivity contribution is 5.80. The van der Waals surface area contributed by atoms with Crippen molar-refractivity contribution in [3.63, 3.8) is 0 Å². The lowest BCUT2D eigenvalue weighted by Crippen LogP contribution is -2.44. The predicted octanol–water partition coefficient (Wildman–Crippen LogP) is 1.85. The molecule has 1 N–H and O–H groups in total. The fourth-order valence-electron chi connectivity index (χ4n) is 3.82. The molecule has 5 nitrogen and oxygen atoms in total. The highest BCUT2D eigenvalue weighted by Gasteiger charge is 2.38. The van der Waals surface area contributed by atoms with Gasteiger partial charge in [0.1, 0.15) is 11.5 Å². The van der Waals surface area contributed by atoms with Crippen molar-refractivity contribution in [2.24, 2.45) is 5.41 Å². The maximum atomic E-state index is 12.7. The first-order valence-corrected chi connectivity index (χ1v) is 8.36. The molecule has 2 heterocycles. The normalized spacial score (nSPS) is 19.8. The second-order valence-electron chi connectivity index (χ2n) is 6.63. The van der Waals surface area contributed by atoms with Gasteiger partial charge in [0, 0.05) is 25.2 Å². The van der Waals surface area contributed by atoms with Gasteiger partial charge in [-0.25, -0.2) is 0 Å². The van der Waals surface area contributed by atoms with Gasteiger partial charge in [0.15, 0.2) is 0 Å². The number of amides is 1. The van der Waals surface area contributed by atoms with Crippen molar-refractivity contribution in [1.29, 1.82) is 0 Å². The molecule has 1 spiro atoms. The van der Waals surface area contributed by atoms with E-state index in [1.165, 1.54) is 6.42 Å². The number of hydrogen-bond acceptors (Lipinski definition) is 4. The minimum Gasteiger partial charge on any atom is -0.496 e. The van der Waals surface area contributed by atoms with Crippen LogP contribution in [0.4, 0.5) is 0 Å². The predicted molar refractivity (Wildman–Crippen MR) is 89.0 cm³/mol. The second-order valence-corrected chi connectivity index (χ2v) is 6.63. The summed E-state index contributed by atoms with van der Waals surface area (Å²) < 4.78 is 10.8. The molecule has 1 amide bonds. The summed E-state index contributed by atoms with van der Waals surface area (Å²) >= 11 is 0. The monoisotopic (exact) mass is 318 g/mol. The van der Waals surface area contributed by atoms with Gasteiger partial charge in [0.2, 0.25) is 5.91 Å². The third kappa shape index (κ3) is 3.29. The molecule has 5 heteroatoms. The number of likely N-dealkylation sites (tertiary alicyclic amines) is 1. The summed E-state index contributed by atoms with van der Waals surface area (Å²) in [6, 6.07) is 5.63. The molecule has 2 aliphatic rings. The highest BCUT2D eigenvalue weighted by atomic mass is 16.5. The number of hydrogen-bond donors (Lipinski definition) is 1. The van der Waals surface area contributed by atoms with E-state index in [1.807, 2.05) is 23.1 Å². The highest BCUT2D eigenvalue weighted by Crippen LogP contribution is 2.37. The van der Waals surface area contributed by atoms with Crippen molar-refractivity contribution in [2.75, 3.05) is 40.4 Å². The topological polar surface area (TPSA) is 50.8 Å². The second kappa shape index (κ2) is 6.79. The summed E-state index contributed by atoms with van der Waals surface area (Å²) in [4.78, 5) is 14.7. The maximum Gasteiger partial charge on any atom is 0.227 e. The zero-order chi connectivity index (χ0) is 16.3. The Hall–Kier alpha value is -1.75. The molecule has 0 aliphatic carbocycles. The fraction of sp³-hybridized carbons (Fsp3) is 0.611. The van der Waals surface area contributed by atoms with E-state index >= 15 is 0 Å². The van der Waals surface area contributed by atoms with E-state index in [1.54, 1.807) is 14.2 Å². The molecule has 126 valence electrons. The SMILES string of the molecule is COc1cccc(OC)c1CC(=O)N1CCC2(CCNC2)CC1. The van der Waals surface area contributed by atoms with Crippen LogP contribution in [0.1, 0.15) is 24.8 Å². The molecule has 1 aromatic carbocycles. The Morgan fingerprint density at radius 3 is 2.35 bits per heavy atom. The lowest BCUT2D eigenvalue weighted by molar-refractivity contribution is -0.132. The molecule has 1 aromatic rings. The number of methoxy groups -OCH3 is 2. The number of nitrogens with zero attached hydrogens (tertiary/aromatic N) is 1. The van der Waals surface area contributed by atoms with Crippen molar-refractivity contribution < 1.29 is 14.3 Å². The molecule has 2 saturated heterocycles. The van der Waals surface area contributed by atoms with Gasteiger partial charge >= 0.3 is 0 Å².